The van der Waals surface area contributed by atoms with Crippen LogP contribution in [0.4, 0.5) is 0 Å². The molecule has 0 saturated carbocycles. The molecule has 3 nitrogen and oxygen atoms in total. The second-order valence-corrected chi connectivity index (χ2v) is 5.37. The molecule has 1 aliphatic rings. The number of hydrogen-bond acceptors (Lipinski definition) is 3. The summed E-state index contributed by atoms with van der Waals surface area (Å²) in [6.07, 6.45) is 2.68. The number of hydrogen-bond donors (Lipinski definition) is 0. The Labute approximate surface area is 106 Å². The van der Waals surface area contributed by atoms with Crippen LogP contribution in [-0.4, -0.2) is 42.5 Å². The Bertz CT molecular complexity index is 249. The molecule has 2 unspecified atom stereocenters. The maximum Gasteiger partial charge on any atom is 0.153 e. The van der Waals surface area contributed by atoms with Crippen molar-refractivity contribution in [1.29, 1.82) is 0 Å². The third-order valence-corrected chi connectivity index (χ3v) is 4.23. The van der Waals surface area contributed by atoms with Gasteiger partial charge in [0.1, 0.15) is 0 Å². The zero-order valence-electron chi connectivity index (χ0n) is 11.8. The van der Waals surface area contributed by atoms with Gasteiger partial charge in [0.15, 0.2) is 5.78 Å². The summed E-state index contributed by atoms with van der Waals surface area (Å²) in [6, 6.07) is 0. The summed E-state index contributed by atoms with van der Waals surface area (Å²) < 4.78 is 5.37. The van der Waals surface area contributed by atoms with Gasteiger partial charge in [-0.3, -0.25) is 9.69 Å². The number of carbonyl (C=O) groups is 1. The van der Waals surface area contributed by atoms with Crippen molar-refractivity contribution in [3.63, 3.8) is 0 Å². The van der Waals surface area contributed by atoms with Crippen LogP contribution in [0.3, 0.4) is 0 Å². The minimum Gasteiger partial charge on any atom is -0.379 e. The number of rotatable bonds is 6. The summed E-state index contributed by atoms with van der Waals surface area (Å²) in [7, 11) is 0. The standard InChI is InChI=1S/C14H27NO2/c1-5-12(3)11-13(16)14(4,6-2)15-7-9-17-10-8-15/h12H,5-11H2,1-4H3. The largest absolute Gasteiger partial charge is 0.379 e. The van der Waals surface area contributed by atoms with Gasteiger partial charge in [-0.25, -0.2) is 0 Å². The van der Waals surface area contributed by atoms with E-state index in [1.807, 2.05) is 0 Å². The van der Waals surface area contributed by atoms with E-state index in [1.54, 1.807) is 0 Å². The lowest BCUT2D eigenvalue weighted by atomic mass is 9.85. The second kappa shape index (κ2) is 6.50. The van der Waals surface area contributed by atoms with Crippen LogP contribution in [0.25, 0.3) is 0 Å². The highest BCUT2D eigenvalue weighted by Crippen LogP contribution is 2.25. The zero-order valence-corrected chi connectivity index (χ0v) is 11.8. The molecule has 17 heavy (non-hydrogen) atoms. The fourth-order valence-electron chi connectivity index (χ4n) is 2.33. The lowest BCUT2D eigenvalue weighted by Crippen LogP contribution is -2.56. The van der Waals surface area contributed by atoms with E-state index in [9.17, 15) is 4.79 Å². The molecule has 3 heteroatoms. The van der Waals surface area contributed by atoms with E-state index in [2.05, 4.69) is 32.6 Å². The number of morpholine rings is 1. The Balaban J connectivity index is 2.68. The maximum atomic E-state index is 12.5. The van der Waals surface area contributed by atoms with Gasteiger partial charge in [-0.2, -0.15) is 0 Å². The van der Waals surface area contributed by atoms with E-state index in [0.29, 0.717) is 18.1 Å². The fourth-order valence-corrected chi connectivity index (χ4v) is 2.33. The van der Waals surface area contributed by atoms with E-state index in [0.717, 1.165) is 39.1 Å². The van der Waals surface area contributed by atoms with Gasteiger partial charge in [-0.1, -0.05) is 27.2 Å². The molecule has 100 valence electrons. The van der Waals surface area contributed by atoms with Gasteiger partial charge in [-0.15, -0.1) is 0 Å². The molecule has 2 atom stereocenters. The SMILES string of the molecule is CCC(C)CC(=O)C(C)(CC)N1CCOCC1. The van der Waals surface area contributed by atoms with Crippen molar-refractivity contribution in [3.8, 4) is 0 Å². The third kappa shape index (κ3) is 3.52. The summed E-state index contributed by atoms with van der Waals surface area (Å²) in [5, 5.41) is 0. The van der Waals surface area contributed by atoms with Crippen molar-refractivity contribution in [2.24, 2.45) is 5.92 Å². The highest BCUT2D eigenvalue weighted by atomic mass is 16.5. The monoisotopic (exact) mass is 241 g/mol. The fraction of sp³-hybridized carbons (Fsp3) is 0.929. The van der Waals surface area contributed by atoms with Crippen LogP contribution < -0.4 is 0 Å². The van der Waals surface area contributed by atoms with E-state index >= 15 is 0 Å². The normalized spacial score (nSPS) is 23.1. The summed E-state index contributed by atoms with van der Waals surface area (Å²) in [6.45, 7) is 11.8. The number of ether oxygens (including phenoxy) is 1. The summed E-state index contributed by atoms with van der Waals surface area (Å²) >= 11 is 0. The van der Waals surface area contributed by atoms with Crippen molar-refractivity contribution < 1.29 is 9.53 Å². The van der Waals surface area contributed by atoms with Gasteiger partial charge in [0, 0.05) is 19.5 Å². The van der Waals surface area contributed by atoms with Crippen molar-refractivity contribution >= 4 is 5.78 Å². The molecule has 1 saturated heterocycles. The molecule has 0 aromatic carbocycles. The Kier molecular flexibility index (Phi) is 5.60. The average molecular weight is 241 g/mol. The lowest BCUT2D eigenvalue weighted by molar-refractivity contribution is -0.134. The van der Waals surface area contributed by atoms with Crippen molar-refractivity contribution in [1.82, 2.24) is 4.90 Å². The Morgan fingerprint density at radius 3 is 2.41 bits per heavy atom. The molecule has 0 bridgehead atoms. The van der Waals surface area contributed by atoms with Crippen molar-refractivity contribution in [3.05, 3.63) is 0 Å². The van der Waals surface area contributed by atoms with Gasteiger partial charge in [0.25, 0.3) is 0 Å². The molecule has 1 rings (SSSR count). The molecule has 0 aromatic rings. The second-order valence-electron chi connectivity index (χ2n) is 5.37. The van der Waals surface area contributed by atoms with E-state index in [1.165, 1.54) is 0 Å². The summed E-state index contributed by atoms with van der Waals surface area (Å²) in [4.78, 5) is 14.8. The van der Waals surface area contributed by atoms with Crippen LogP contribution in [0.2, 0.25) is 0 Å². The van der Waals surface area contributed by atoms with Crippen molar-refractivity contribution in [2.45, 2.75) is 52.5 Å². The Hall–Kier alpha value is -0.410. The molecule has 0 amide bonds. The molecule has 1 fully saturated rings. The first kappa shape index (κ1) is 14.7. The van der Waals surface area contributed by atoms with Gasteiger partial charge in [0.2, 0.25) is 0 Å². The summed E-state index contributed by atoms with van der Waals surface area (Å²) in [5.74, 6) is 0.894. The molecular formula is C14H27NO2. The van der Waals surface area contributed by atoms with Gasteiger partial charge in [0.05, 0.1) is 18.8 Å². The highest BCUT2D eigenvalue weighted by molar-refractivity contribution is 5.88. The average Bonchev–Trinajstić information content (AvgIpc) is 2.38. The van der Waals surface area contributed by atoms with Gasteiger partial charge < -0.3 is 4.74 Å². The van der Waals surface area contributed by atoms with Crippen LogP contribution in [-0.2, 0) is 9.53 Å². The van der Waals surface area contributed by atoms with Crippen LogP contribution in [0.1, 0.15) is 47.0 Å². The van der Waals surface area contributed by atoms with Crippen LogP contribution >= 0.6 is 0 Å². The molecule has 1 heterocycles. The zero-order chi connectivity index (χ0) is 12.9. The molecule has 0 radical (unpaired) electrons. The quantitative estimate of drug-likeness (QED) is 0.715. The van der Waals surface area contributed by atoms with E-state index < -0.39 is 0 Å². The van der Waals surface area contributed by atoms with Crippen molar-refractivity contribution in [2.75, 3.05) is 26.3 Å². The third-order valence-electron chi connectivity index (χ3n) is 4.23. The first-order valence-electron chi connectivity index (χ1n) is 6.90. The summed E-state index contributed by atoms with van der Waals surface area (Å²) in [5.41, 5.74) is -0.285. The molecule has 0 aromatic heterocycles. The predicted molar refractivity (Wildman–Crippen MR) is 70.2 cm³/mol. The number of nitrogens with zero attached hydrogens (tertiary/aromatic N) is 1. The Morgan fingerprint density at radius 2 is 1.94 bits per heavy atom. The van der Waals surface area contributed by atoms with E-state index in [-0.39, 0.29) is 5.54 Å². The number of Topliss-reactive ketones (excluding diaryl/α,β-unsaturated/α-hetero) is 1. The van der Waals surface area contributed by atoms with Crippen LogP contribution in [0.15, 0.2) is 0 Å². The molecular weight excluding hydrogens is 214 g/mol. The number of ketones is 1. The highest BCUT2D eigenvalue weighted by Gasteiger charge is 2.38. The first-order valence-corrected chi connectivity index (χ1v) is 6.90. The Morgan fingerprint density at radius 1 is 1.35 bits per heavy atom. The lowest BCUT2D eigenvalue weighted by Gasteiger charge is -2.42. The van der Waals surface area contributed by atoms with E-state index in [4.69, 9.17) is 4.74 Å². The molecule has 0 aliphatic carbocycles. The minimum absolute atomic E-state index is 0.285. The van der Waals surface area contributed by atoms with Crippen LogP contribution in [0, 0.1) is 5.92 Å². The molecule has 0 N–H and O–H groups in total. The minimum atomic E-state index is -0.285. The topological polar surface area (TPSA) is 29.5 Å². The van der Waals surface area contributed by atoms with Crippen LogP contribution in [0.5, 0.6) is 0 Å². The maximum absolute atomic E-state index is 12.5. The first-order chi connectivity index (χ1) is 8.04. The molecule has 0 spiro atoms. The predicted octanol–water partition coefficient (Wildman–Crippen LogP) is 2.49. The smallest absolute Gasteiger partial charge is 0.153 e. The molecule has 1 aliphatic heterocycles. The number of carbonyl (C=O) groups excluding carboxylic acids is 1. The van der Waals surface area contributed by atoms with Gasteiger partial charge >= 0.3 is 0 Å². The van der Waals surface area contributed by atoms with Gasteiger partial charge in [-0.05, 0) is 19.3 Å².